The summed E-state index contributed by atoms with van der Waals surface area (Å²) in [4.78, 5) is 16.6. The van der Waals surface area contributed by atoms with Gasteiger partial charge in [-0.25, -0.2) is 15.0 Å². The standard InChI is InChI=1S/C62H37N3O2S/c1-2-15-37-32-48-38(31-36(37)14-1)28-29-40(42-30-27-35-13-3-4-16-41(35)56(42)48)39-33-49(58-44-18-6-9-23-51(44)67-53(58)34-39)62-64-60(46-20-11-24-52-57(46)43-17-5-8-22-50(43)66-52)63-61(65-62)47-21-12-26-55-59(47)45-19-7-10-25-54(45)68-55/h1-27,30-34,40H,28-29H2. The maximum absolute atomic E-state index is 6.89. The summed E-state index contributed by atoms with van der Waals surface area (Å²) in [6, 6.07) is 69.5. The molecule has 4 heterocycles. The molecule has 0 N–H and O–H groups in total. The molecule has 0 radical (unpaired) electrons. The van der Waals surface area contributed by atoms with Crippen molar-refractivity contribution in [1.82, 2.24) is 15.0 Å². The van der Waals surface area contributed by atoms with Crippen molar-refractivity contribution in [1.29, 1.82) is 0 Å². The van der Waals surface area contributed by atoms with Crippen molar-refractivity contribution in [3.8, 4) is 45.3 Å². The van der Waals surface area contributed by atoms with E-state index in [-0.39, 0.29) is 5.92 Å². The number of fused-ring (bicyclic) bond motifs is 15. The third-order valence-electron chi connectivity index (χ3n) is 14.3. The number of aryl methyl sites for hydroxylation is 1. The minimum Gasteiger partial charge on any atom is -0.456 e. The van der Waals surface area contributed by atoms with Crippen molar-refractivity contribution < 1.29 is 8.83 Å². The van der Waals surface area contributed by atoms with Crippen LogP contribution in [0.5, 0.6) is 0 Å². The van der Waals surface area contributed by atoms with E-state index >= 15 is 0 Å². The minimum atomic E-state index is 0.0409. The average Bonchev–Trinajstić information content (AvgIpc) is 4.06. The van der Waals surface area contributed by atoms with Crippen molar-refractivity contribution in [3.63, 3.8) is 0 Å². The van der Waals surface area contributed by atoms with E-state index in [0.717, 1.165) is 84.4 Å². The van der Waals surface area contributed by atoms with Gasteiger partial charge in [0.25, 0.3) is 0 Å². The van der Waals surface area contributed by atoms with Crippen LogP contribution in [0, 0.1) is 0 Å². The van der Waals surface area contributed by atoms with E-state index in [1.165, 1.54) is 58.6 Å². The molecule has 1 atom stereocenters. The predicted molar refractivity (Wildman–Crippen MR) is 281 cm³/mol. The molecule has 0 bridgehead atoms. The molecule has 0 fully saturated rings. The SMILES string of the molecule is c1ccc2cc3c(cc2c1)CCC(c1cc(-c2nc(-c4cccc5oc6ccccc6c45)nc(-c4cccc5sc6ccccc6c45)n2)c2c(c1)oc1ccccc12)c1ccc2ccccc2c1-3. The highest BCUT2D eigenvalue weighted by Gasteiger charge is 2.29. The van der Waals surface area contributed by atoms with Crippen molar-refractivity contribution in [2.24, 2.45) is 0 Å². The van der Waals surface area contributed by atoms with Gasteiger partial charge in [0, 0.05) is 64.3 Å². The smallest absolute Gasteiger partial charge is 0.164 e. The maximum atomic E-state index is 6.89. The minimum absolute atomic E-state index is 0.0409. The molecule has 15 rings (SSSR count). The van der Waals surface area contributed by atoms with Gasteiger partial charge in [-0.3, -0.25) is 0 Å². The fraction of sp³-hybridized carbons (Fsp3) is 0.0484. The van der Waals surface area contributed by atoms with E-state index in [0.29, 0.717) is 17.5 Å². The van der Waals surface area contributed by atoms with Gasteiger partial charge in [-0.2, -0.15) is 0 Å². The van der Waals surface area contributed by atoms with Crippen LogP contribution in [0.4, 0.5) is 0 Å². The number of furan rings is 2. The Morgan fingerprint density at radius 1 is 0.397 bits per heavy atom. The lowest BCUT2D eigenvalue weighted by molar-refractivity contribution is 0.665. The number of para-hydroxylation sites is 2. The topological polar surface area (TPSA) is 65.0 Å². The zero-order chi connectivity index (χ0) is 44.5. The predicted octanol–water partition coefficient (Wildman–Crippen LogP) is 17.1. The van der Waals surface area contributed by atoms with E-state index in [2.05, 4.69) is 164 Å². The Morgan fingerprint density at radius 2 is 0.971 bits per heavy atom. The second-order valence-corrected chi connectivity index (χ2v) is 19.2. The van der Waals surface area contributed by atoms with Crippen LogP contribution in [0.3, 0.4) is 0 Å². The highest BCUT2D eigenvalue weighted by molar-refractivity contribution is 7.25. The molecule has 318 valence electrons. The summed E-state index contributed by atoms with van der Waals surface area (Å²) in [5.74, 6) is 1.83. The highest BCUT2D eigenvalue weighted by atomic mass is 32.1. The van der Waals surface area contributed by atoms with Gasteiger partial charge in [-0.1, -0.05) is 146 Å². The summed E-state index contributed by atoms with van der Waals surface area (Å²) in [6.07, 6.45) is 1.83. The van der Waals surface area contributed by atoms with Crippen LogP contribution in [0.2, 0.25) is 0 Å². The van der Waals surface area contributed by atoms with Crippen LogP contribution < -0.4 is 0 Å². The zero-order valence-corrected chi connectivity index (χ0v) is 37.3. The van der Waals surface area contributed by atoms with Gasteiger partial charge in [0.1, 0.15) is 22.3 Å². The fourth-order valence-corrected chi connectivity index (χ4v) is 12.5. The Hall–Kier alpha value is -8.45. The molecule has 0 amide bonds. The van der Waals surface area contributed by atoms with Gasteiger partial charge >= 0.3 is 0 Å². The summed E-state index contributed by atoms with van der Waals surface area (Å²) in [6.45, 7) is 0. The maximum Gasteiger partial charge on any atom is 0.164 e. The second-order valence-electron chi connectivity index (χ2n) is 18.1. The van der Waals surface area contributed by atoms with E-state index in [9.17, 15) is 0 Å². The summed E-state index contributed by atoms with van der Waals surface area (Å²) < 4.78 is 15.8. The molecule has 1 aliphatic rings. The molecule has 0 saturated heterocycles. The Morgan fingerprint density at radius 3 is 1.75 bits per heavy atom. The lowest BCUT2D eigenvalue weighted by atomic mass is 9.82. The molecule has 0 spiro atoms. The summed E-state index contributed by atoms with van der Waals surface area (Å²) in [5, 5.41) is 11.4. The largest absolute Gasteiger partial charge is 0.456 e. The molecule has 1 unspecified atom stereocenters. The van der Waals surface area contributed by atoms with Gasteiger partial charge in [0.15, 0.2) is 17.5 Å². The Bertz CT molecular complexity index is 4290. The number of thiophene rings is 1. The van der Waals surface area contributed by atoms with Crippen LogP contribution in [0.25, 0.3) is 131 Å². The molecule has 6 heteroatoms. The molecule has 1 aliphatic carbocycles. The number of benzene rings is 10. The van der Waals surface area contributed by atoms with E-state index < -0.39 is 0 Å². The van der Waals surface area contributed by atoms with Crippen molar-refractivity contribution >= 4 is 96.9 Å². The monoisotopic (exact) mass is 887 g/mol. The number of hydrogen-bond acceptors (Lipinski definition) is 6. The van der Waals surface area contributed by atoms with Gasteiger partial charge in [0.2, 0.25) is 0 Å². The Balaban J connectivity index is 1.02. The molecule has 4 aromatic heterocycles. The van der Waals surface area contributed by atoms with Crippen molar-refractivity contribution in [2.75, 3.05) is 0 Å². The summed E-state index contributed by atoms with van der Waals surface area (Å²) >= 11 is 1.79. The van der Waals surface area contributed by atoms with E-state index in [4.69, 9.17) is 23.8 Å². The Kier molecular flexibility index (Phi) is 8.06. The van der Waals surface area contributed by atoms with Crippen LogP contribution in [-0.4, -0.2) is 15.0 Å². The van der Waals surface area contributed by atoms with Crippen LogP contribution in [-0.2, 0) is 6.42 Å². The van der Waals surface area contributed by atoms with Crippen LogP contribution >= 0.6 is 11.3 Å². The van der Waals surface area contributed by atoms with E-state index in [1.807, 2.05) is 30.3 Å². The average molecular weight is 888 g/mol. The number of aromatic nitrogens is 3. The Labute approximate surface area is 393 Å². The quantitative estimate of drug-likeness (QED) is 0.176. The lowest BCUT2D eigenvalue weighted by Gasteiger charge is -2.21. The molecule has 0 aliphatic heterocycles. The third-order valence-corrected chi connectivity index (χ3v) is 15.5. The number of rotatable bonds is 4. The first-order chi connectivity index (χ1) is 33.7. The number of hydrogen-bond donors (Lipinski definition) is 0. The molecule has 14 aromatic rings. The first-order valence-corrected chi connectivity index (χ1v) is 24.1. The summed E-state index contributed by atoms with van der Waals surface area (Å²) in [7, 11) is 0. The molecular formula is C62H37N3O2S. The first-order valence-electron chi connectivity index (χ1n) is 23.3. The third kappa shape index (κ3) is 5.65. The lowest BCUT2D eigenvalue weighted by Crippen LogP contribution is -2.05. The van der Waals surface area contributed by atoms with Gasteiger partial charge in [-0.05, 0) is 111 Å². The van der Waals surface area contributed by atoms with Crippen LogP contribution in [0.1, 0.15) is 29.0 Å². The summed E-state index contributed by atoms with van der Waals surface area (Å²) in [5.41, 5.74) is 12.5. The van der Waals surface area contributed by atoms with Crippen molar-refractivity contribution in [3.05, 3.63) is 211 Å². The van der Waals surface area contributed by atoms with Gasteiger partial charge in [-0.15, -0.1) is 11.3 Å². The molecular weight excluding hydrogens is 851 g/mol. The van der Waals surface area contributed by atoms with Crippen molar-refractivity contribution in [2.45, 2.75) is 18.8 Å². The van der Waals surface area contributed by atoms with Gasteiger partial charge in [0.05, 0.1) is 0 Å². The normalized spacial score (nSPS) is 13.9. The van der Waals surface area contributed by atoms with Crippen LogP contribution in [0.15, 0.2) is 203 Å². The zero-order valence-electron chi connectivity index (χ0n) is 36.5. The number of nitrogens with zero attached hydrogens (tertiary/aromatic N) is 3. The van der Waals surface area contributed by atoms with E-state index in [1.54, 1.807) is 11.3 Å². The highest BCUT2D eigenvalue weighted by Crippen LogP contribution is 2.49. The molecule has 0 saturated carbocycles. The second kappa shape index (κ2) is 14.5. The molecule has 68 heavy (non-hydrogen) atoms. The molecule has 10 aromatic carbocycles. The first kappa shape index (κ1) is 37.7. The fourth-order valence-electron chi connectivity index (χ4n) is 11.3. The molecule has 5 nitrogen and oxygen atoms in total. The van der Waals surface area contributed by atoms with Gasteiger partial charge < -0.3 is 8.83 Å².